The van der Waals surface area contributed by atoms with Crippen LogP contribution in [0.3, 0.4) is 0 Å². The zero-order chi connectivity index (χ0) is 20.5. The van der Waals surface area contributed by atoms with Gasteiger partial charge in [0, 0.05) is 36.2 Å². The molecule has 1 atom stereocenters. The van der Waals surface area contributed by atoms with E-state index in [-0.39, 0.29) is 29.9 Å². The predicted octanol–water partition coefficient (Wildman–Crippen LogP) is 2.91. The first-order chi connectivity index (χ1) is 13.3. The number of ketones is 1. The van der Waals surface area contributed by atoms with Crippen LogP contribution in [0.25, 0.3) is 0 Å². The monoisotopic (exact) mass is 380 g/mol. The second-order valence-corrected chi connectivity index (χ2v) is 7.26. The largest absolute Gasteiger partial charge is 0.497 e. The number of benzene rings is 2. The van der Waals surface area contributed by atoms with Gasteiger partial charge in [0.2, 0.25) is 5.91 Å². The Balaban J connectivity index is 2.07. The Morgan fingerprint density at radius 1 is 1.14 bits per heavy atom. The second kappa shape index (κ2) is 7.46. The maximum Gasteiger partial charge on any atom is 0.257 e. The Morgan fingerprint density at radius 2 is 1.86 bits per heavy atom. The topological polar surface area (TPSA) is 75.7 Å². The van der Waals surface area contributed by atoms with Gasteiger partial charge in [0.05, 0.1) is 7.11 Å². The fourth-order valence-corrected chi connectivity index (χ4v) is 3.47. The normalized spacial score (nSPS) is 18.2. The van der Waals surface area contributed by atoms with Crippen LogP contribution in [0.1, 0.15) is 36.2 Å². The number of rotatable bonds is 6. The maximum absolute atomic E-state index is 13.3. The number of amides is 2. The molecule has 1 heterocycles. The number of Topliss-reactive ketones (excluding diaryl/α,β-unsaturated/α-hetero) is 1. The van der Waals surface area contributed by atoms with Crippen LogP contribution in [0.4, 0.5) is 5.69 Å². The Morgan fingerprint density at radius 3 is 2.54 bits per heavy atom. The number of hydrogen-bond acceptors (Lipinski definition) is 4. The van der Waals surface area contributed by atoms with E-state index in [2.05, 4.69) is 5.32 Å². The zero-order valence-electron chi connectivity index (χ0n) is 16.5. The number of methoxy groups -OCH3 is 1. The summed E-state index contributed by atoms with van der Waals surface area (Å²) in [5.41, 5.74) is 0.326. The lowest BCUT2D eigenvalue weighted by atomic mass is 9.84. The molecule has 146 valence electrons. The zero-order valence-corrected chi connectivity index (χ0v) is 16.5. The third kappa shape index (κ3) is 3.26. The number of fused-ring (bicyclic) bond motifs is 1. The average molecular weight is 380 g/mol. The van der Waals surface area contributed by atoms with Gasteiger partial charge in [0.25, 0.3) is 5.91 Å². The molecule has 2 amide bonds. The third-order valence-electron chi connectivity index (χ3n) is 5.07. The van der Waals surface area contributed by atoms with E-state index in [9.17, 15) is 14.4 Å². The highest BCUT2D eigenvalue weighted by atomic mass is 16.5. The van der Waals surface area contributed by atoms with Crippen LogP contribution in [-0.4, -0.2) is 31.8 Å². The molecule has 0 fully saturated rings. The molecule has 3 rings (SSSR count). The van der Waals surface area contributed by atoms with Gasteiger partial charge in [-0.2, -0.15) is 0 Å². The number of carbonyl (C=O) groups excluding carboxylic acids is 3. The van der Waals surface area contributed by atoms with Crippen molar-refractivity contribution in [3.63, 3.8) is 0 Å². The van der Waals surface area contributed by atoms with Crippen molar-refractivity contribution in [1.29, 1.82) is 0 Å². The van der Waals surface area contributed by atoms with Crippen LogP contribution in [-0.2, 0) is 15.1 Å². The summed E-state index contributed by atoms with van der Waals surface area (Å²) in [6, 6.07) is 14.0. The van der Waals surface area contributed by atoms with Crippen molar-refractivity contribution >= 4 is 23.3 Å². The quantitative estimate of drug-likeness (QED) is 0.782. The fraction of sp³-hybridized carbons (Fsp3) is 0.318. The SMILES string of the molecule is COc1cccc(C(=O)C[C@@]2(NC(=O)C(C)C)C(=O)N(C)c3ccccc32)c1. The number of nitrogens with zero attached hydrogens (tertiary/aromatic N) is 1. The van der Waals surface area contributed by atoms with Crippen LogP contribution < -0.4 is 15.0 Å². The molecule has 1 aliphatic heterocycles. The van der Waals surface area contributed by atoms with Crippen molar-refractivity contribution < 1.29 is 19.1 Å². The molecule has 2 aromatic rings. The summed E-state index contributed by atoms with van der Waals surface area (Å²) in [7, 11) is 3.18. The van der Waals surface area contributed by atoms with E-state index in [4.69, 9.17) is 4.74 Å². The van der Waals surface area contributed by atoms with Crippen LogP contribution >= 0.6 is 0 Å². The van der Waals surface area contributed by atoms with Gasteiger partial charge in [-0.15, -0.1) is 0 Å². The lowest BCUT2D eigenvalue weighted by Gasteiger charge is -2.30. The summed E-state index contributed by atoms with van der Waals surface area (Å²) in [5.74, 6) is -0.617. The number of nitrogens with one attached hydrogen (secondary N) is 1. The van der Waals surface area contributed by atoms with Gasteiger partial charge in [0.1, 0.15) is 5.75 Å². The Bertz CT molecular complexity index is 938. The molecule has 0 saturated carbocycles. The molecule has 1 aliphatic rings. The number of carbonyl (C=O) groups is 3. The summed E-state index contributed by atoms with van der Waals surface area (Å²) in [4.78, 5) is 40.4. The lowest BCUT2D eigenvalue weighted by molar-refractivity contribution is -0.133. The molecule has 0 aliphatic carbocycles. The highest BCUT2D eigenvalue weighted by Gasteiger charge is 2.52. The number of likely N-dealkylation sites (N-methyl/N-ethyl adjacent to an activating group) is 1. The van der Waals surface area contributed by atoms with Gasteiger partial charge in [-0.3, -0.25) is 14.4 Å². The molecular weight excluding hydrogens is 356 g/mol. The molecule has 28 heavy (non-hydrogen) atoms. The van der Waals surface area contributed by atoms with Crippen LogP contribution in [0, 0.1) is 5.92 Å². The van der Waals surface area contributed by atoms with Crippen molar-refractivity contribution in [3.8, 4) is 5.75 Å². The standard InChI is InChI=1S/C22H24N2O4/c1-14(2)20(26)23-22(13-19(25)15-8-7-9-16(12-15)28-4)17-10-5-6-11-18(17)24(3)21(22)27/h5-12,14H,13H2,1-4H3,(H,23,26)/t22-/m0/s1. The molecule has 0 saturated heterocycles. The van der Waals surface area contributed by atoms with Crippen molar-refractivity contribution in [2.45, 2.75) is 25.8 Å². The first-order valence-electron chi connectivity index (χ1n) is 9.17. The third-order valence-corrected chi connectivity index (χ3v) is 5.07. The summed E-state index contributed by atoms with van der Waals surface area (Å²) < 4.78 is 5.19. The van der Waals surface area contributed by atoms with Crippen molar-refractivity contribution in [2.75, 3.05) is 19.1 Å². The predicted molar refractivity (Wildman–Crippen MR) is 106 cm³/mol. The second-order valence-electron chi connectivity index (χ2n) is 7.26. The Hall–Kier alpha value is -3.15. The molecule has 6 nitrogen and oxygen atoms in total. The summed E-state index contributed by atoms with van der Waals surface area (Å²) in [6.45, 7) is 3.50. The molecule has 0 radical (unpaired) electrons. The minimum absolute atomic E-state index is 0.168. The molecular formula is C22H24N2O4. The van der Waals surface area contributed by atoms with Crippen LogP contribution in [0.2, 0.25) is 0 Å². The van der Waals surface area contributed by atoms with Crippen molar-refractivity contribution in [1.82, 2.24) is 5.32 Å². The first-order valence-corrected chi connectivity index (χ1v) is 9.17. The number of anilines is 1. The fourth-order valence-electron chi connectivity index (χ4n) is 3.47. The average Bonchev–Trinajstić information content (AvgIpc) is 2.90. The van der Waals surface area contributed by atoms with Crippen molar-refractivity contribution in [2.24, 2.45) is 5.92 Å². The number of para-hydroxylation sites is 1. The van der Waals surface area contributed by atoms with Gasteiger partial charge in [0.15, 0.2) is 11.3 Å². The van der Waals surface area contributed by atoms with E-state index in [1.165, 1.54) is 12.0 Å². The summed E-state index contributed by atoms with van der Waals surface area (Å²) in [6.07, 6.45) is -0.168. The van der Waals surface area contributed by atoms with Crippen LogP contribution in [0.15, 0.2) is 48.5 Å². The molecule has 0 unspecified atom stereocenters. The van der Waals surface area contributed by atoms with Crippen molar-refractivity contribution in [3.05, 3.63) is 59.7 Å². The highest BCUT2D eigenvalue weighted by Crippen LogP contribution is 2.42. The van der Waals surface area contributed by atoms with Gasteiger partial charge in [-0.05, 0) is 18.2 Å². The number of ether oxygens (including phenoxy) is 1. The summed E-state index contributed by atoms with van der Waals surface area (Å²) >= 11 is 0. The van der Waals surface area contributed by atoms with Gasteiger partial charge < -0.3 is 15.0 Å². The van der Waals surface area contributed by atoms with Crippen LogP contribution in [0.5, 0.6) is 5.75 Å². The summed E-state index contributed by atoms with van der Waals surface area (Å²) in [5, 5.41) is 2.88. The first kappa shape index (κ1) is 19.6. The van der Waals surface area contributed by atoms with E-state index in [0.29, 0.717) is 22.6 Å². The van der Waals surface area contributed by atoms with E-state index >= 15 is 0 Å². The number of hydrogen-bond donors (Lipinski definition) is 1. The molecule has 2 aromatic carbocycles. The lowest BCUT2D eigenvalue weighted by Crippen LogP contribution is -2.54. The van der Waals surface area contributed by atoms with Gasteiger partial charge in [-0.1, -0.05) is 44.2 Å². The molecule has 1 N–H and O–H groups in total. The maximum atomic E-state index is 13.3. The minimum Gasteiger partial charge on any atom is -0.497 e. The Labute approximate surface area is 164 Å². The van der Waals surface area contributed by atoms with E-state index in [1.807, 2.05) is 12.1 Å². The molecule has 0 bridgehead atoms. The smallest absolute Gasteiger partial charge is 0.257 e. The van der Waals surface area contributed by atoms with Gasteiger partial charge >= 0.3 is 0 Å². The molecule has 0 aromatic heterocycles. The van der Waals surface area contributed by atoms with E-state index in [0.717, 1.165) is 0 Å². The van der Waals surface area contributed by atoms with Gasteiger partial charge in [-0.25, -0.2) is 0 Å². The molecule has 6 heteroatoms. The minimum atomic E-state index is -1.42. The molecule has 0 spiro atoms. The highest BCUT2D eigenvalue weighted by molar-refractivity contribution is 6.12. The van der Waals surface area contributed by atoms with E-state index in [1.54, 1.807) is 57.3 Å². The van der Waals surface area contributed by atoms with E-state index < -0.39 is 5.54 Å². The Kier molecular flexibility index (Phi) is 5.23.